The normalized spacial score (nSPS) is 18.8. The zero-order valence-electron chi connectivity index (χ0n) is 15.8. The fourth-order valence-electron chi connectivity index (χ4n) is 4.10. The van der Waals surface area contributed by atoms with Crippen LogP contribution < -0.4 is 10.6 Å². The topological polar surface area (TPSA) is 94.0 Å². The first kappa shape index (κ1) is 16.9. The summed E-state index contributed by atoms with van der Waals surface area (Å²) in [7, 11) is 0. The number of aromatic nitrogens is 4. The summed E-state index contributed by atoms with van der Waals surface area (Å²) in [5, 5.41) is 7.74. The van der Waals surface area contributed by atoms with Crippen molar-refractivity contribution in [1.29, 1.82) is 0 Å². The smallest absolute Gasteiger partial charge is 0.313 e. The molecular weight excluding hydrogens is 352 g/mol. The minimum Gasteiger partial charge on any atom is -0.404 e. The predicted octanol–water partition coefficient (Wildman–Crippen LogP) is 3.48. The van der Waals surface area contributed by atoms with Crippen molar-refractivity contribution < 1.29 is 4.42 Å². The minimum absolute atomic E-state index is 0.0675. The number of fused-ring (bicyclic) bond motifs is 1. The Balaban J connectivity index is 1.50. The van der Waals surface area contributed by atoms with E-state index in [-0.39, 0.29) is 6.01 Å². The SMILES string of the molecule is CC1CCCCN1c1ccnc(C2=CCc3ccc(-c4nnc(N)o4)cc32)n1. The highest BCUT2D eigenvalue weighted by atomic mass is 16.4. The number of nitrogens with zero attached hydrogens (tertiary/aromatic N) is 5. The number of rotatable bonds is 3. The third-order valence-corrected chi connectivity index (χ3v) is 5.59. The highest BCUT2D eigenvalue weighted by Crippen LogP contribution is 2.35. The van der Waals surface area contributed by atoms with E-state index in [1.807, 2.05) is 18.3 Å². The monoisotopic (exact) mass is 374 g/mol. The van der Waals surface area contributed by atoms with E-state index < -0.39 is 0 Å². The average Bonchev–Trinajstić information content (AvgIpc) is 3.34. The Morgan fingerprint density at radius 2 is 2.11 bits per heavy atom. The Morgan fingerprint density at radius 1 is 1.18 bits per heavy atom. The molecule has 1 aliphatic carbocycles. The summed E-state index contributed by atoms with van der Waals surface area (Å²) in [6.45, 7) is 3.32. The van der Waals surface area contributed by atoms with E-state index in [9.17, 15) is 0 Å². The van der Waals surface area contributed by atoms with Crippen LogP contribution in [0.2, 0.25) is 0 Å². The summed E-state index contributed by atoms with van der Waals surface area (Å²) in [6.07, 6.45) is 8.63. The number of benzene rings is 1. The van der Waals surface area contributed by atoms with Crippen LogP contribution in [0.3, 0.4) is 0 Å². The van der Waals surface area contributed by atoms with E-state index in [1.54, 1.807) is 0 Å². The maximum absolute atomic E-state index is 5.57. The fraction of sp³-hybridized carbons (Fsp3) is 0.333. The zero-order valence-corrected chi connectivity index (χ0v) is 15.8. The number of hydrogen-bond donors (Lipinski definition) is 1. The van der Waals surface area contributed by atoms with Gasteiger partial charge in [0.2, 0.25) is 5.89 Å². The Kier molecular flexibility index (Phi) is 4.07. The average molecular weight is 374 g/mol. The first-order valence-corrected chi connectivity index (χ1v) is 9.72. The molecule has 1 fully saturated rings. The lowest BCUT2D eigenvalue weighted by Crippen LogP contribution is -2.38. The molecule has 0 bridgehead atoms. The van der Waals surface area contributed by atoms with Crippen molar-refractivity contribution in [2.45, 2.75) is 38.6 Å². The van der Waals surface area contributed by atoms with Gasteiger partial charge in [0.05, 0.1) is 0 Å². The molecule has 1 aromatic carbocycles. The van der Waals surface area contributed by atoms with Gasteiger partial charge in [-0.15, -0.1) is 5.10 Å². The lowest BCUT2D eigenvalue weighted by atomic mass is 10.0. The molecule has 5 rings (SSSR count). The number of nitrogen functional groups attached to an aromatic ring is 1. The van der Waals surface area contributed by atoms with E-state index in [2.05, 4.69) is 45.2 Å². The molecule has 2 N–H and O–H groups in total. The standard InChI is InChI=1S/C21H22N6O/c1-13-4-2-3-11-27(13)18-9-10-23-19(24-18)16-8-7-14-5-6-15(12-17(14)16)20-25-26-21(22)28-20/h5-6,8-10,12-13H,2-4,7,11H2,1H3,(H2,22,26). The lowest BCUT2D eigenvalue weighted by molar-refractivity contribution is 0.481. The van der Waals surface area contributed by atoms with Gasteiger partial charge in [0.15, 0.2) is 5.82 Å². The van der Waals surface area contributed by atoms with Gasteiger partial charge in [-0.05, 0) is 61.9 Å². The van der Waals surface area contributed by atoms with Crippen LogP contribution in [0.5, 0.6) is 0 Å². The van der Waals surface area contributed by atoms with Gasteiger partial charge in [-0.2, -0.15) is 0 Å². The molecule has 7 heteroatoms. The third-order valence-electron chi connectivity index (χ3n) is 5.59. The number of nitrogens with two attached hydrogens (primary N) is 1. The molecule has 28 heavy (non-hydrogen) atoms. The third kappa shape index (κ3) is 2.93. The number of hydrogen-bond acceptors (Lipinski definition) is 7. The molecule has 3 heterocycles. The molecule has 1 aliphatic heterocycles. The van der Waals surface area contributed by atoms with E-state index >= 15 is 0 Å². The van der Waals surface area contributed by atoms with Gasteiger partial charge in [-0.1, -0.05) is 17.2 Å². The molecule has 0 radical (unpaired) electrons. The van der Waals surface area contributed by atoms with Crippen LogP contribution >= 0.6 is 0 Å². The van der Waals surface area contributed by atoms with Gasteiger partial charge in [-0.25, -0.2) is 9.97 Å². The Hall–Kier alpha value is -3.22. The number of anilines is 2. The second kappa shape index (κ2) is 6.74. The Labute approximate surface area is 163 Å². The van der Waals surface area contributed by atoms with Crippen molar-refractivity contribution in [2.75, 3.05) is 17.2 Å². The first-order chi connectivity index (χ1) is 13.7. The summed E-state index contributed by atoms with van der Waals surface area (Å²) in [5.41, 5.74) is 9.82. The quantitative estimate of drug-likeness (QED) is 0.750. The molecule has 1 saturated heterocycles. The van der Waals surface area contributed by atoms with Gasteiger partial charge in [0.25, 0.3) is 0 Å². The molecule has 7 nitrogen and oxygen atoms in total. The lowest BCUT2D eigenvalue weighted by Gasteiger charge is -2.34. The van der Waals surface area contributed by atoms with Crippen molar-refractivity contribution in [3.8, 4) is 11.5 Å². The van der Waals surface area contributed by atoms with Crippen molar-refractivity contribution in [1.82, 2.24) is 20.2 Å². The number of allylic oxidation sites excluding steroid dienone is 1. The predicted molar refractivity (Wildman–Crippen MR) is 108 cm³/mol. The highest BCUT2D eigenvalue weighted by Gasteiger charge is 2.23. The Morgan fingerprint density at radius 3 is 2.93 bits per heavy atom. The molecule has 1 atom stereocenters. The van der Waals surface area contributed by atoms with Crippen LogP contribution in [-0.4, -0.2) is 32.8 Å². The second-order valence-electron chi connectivity index (χ2n) is 7.42. The Bertz CT molecular complexity index is 1060. The van der Waals surface area contributed by atoms with Crippen LogP contribution in [0.15, 0.2) is 41.0 Å². The van der Waals surface area contributed by atoms with Crippen molar-refractivity contribution in [2.24, 2.45) is 0 Å². The summed E-state index contributed by atoms with van der Waals surface area (Å²) in [4.78, 5) is 11.9. The van der Waals surface area contributed by atoms with E-state index in [0.29, 0.717) is 11.9 Å². The molecule has 0 saturated carbocycles. The van der Waals surface area contributed by atoms with Crippen LogP contribution in [0.4, 0.5) is 11.8 Å². The molecule has 1 unspecified atom stereocenters. The van der Waals surface area contributed by atoms with Crippen molar-refractivity contribution in [3.63, 3.8) is 0 Å². The molecule has 3 aromatic rings. The largest absolute Gasteiger partial charge is 0.404 e. The maximum Gasteiger partial charge on any atom is 0.313 e. The molecule has 2 aromatic heterocycles. The molecule has 0 amide bonds. The molecular formula is C21H22N6O. The first-order valence-electron chi connectivity index (χ1n) is 9.72. The fourth-order valence-corrected chi connectivity index (χ4v) is 4.10. The van der Waals surface area contributed by atoms with Crippen LogP contribution in [0.25, 0.3) is 17.0 Å². The molecule has 142 valence electrons. The van der Waals surface area contributed by atoms with Crippen LogP contribution in [0, 0.1) is 0 Å². The second-order valence-corrected chi connectivity index (χ2v) is 7.42. The molecule has 2 aliphatic rings. The van der Waals surface area contributed by atoms with Crippen molar-refractivity contribution in [3.05, 3.63) is 53.5 Å². The summed E-state index contributed by atoms with van der Waals surface area (Å²) >= 11 is 0. The van der Waals surface area contributed by atoms with E-state index in [4.69, 9.17) is 15.1 Å². The zero-order chi connectivity index (χ0) is 19.1. The van der Waals surface area contributed by atoms with Gasteiger partial charge >= 0.3 is 6.01 Å². The van der Waals surface area contributed by atoms with E-state index in [1.165, 1.54) is 24.8 Å². The van der Waals surface area contributed by atoms with Gasteiger partial charge in [-0.3, -0.25) is 0 Å². The summed E-state index contributed by atoms with van der Waals surface area (Å²) in [6, 6.07) is 8.72. The maximum atomic E-state index is 5.57. The van der Waals surface area contributed by atoms with Crippen LogP contribution in [0.1, 0.15) is 43.1 Å². The van der Waals surface area contributed by atoms with E-state index in [0.717, 1.165) is 41.3 Å². The van der Waals surface area contributed by atoms with Crippen LogP contribution in [-0.2, 0) is 6.42 Å². The molecule has 0 spiro atoms. The minimum atomic E-state index is 0.0675. The van der Waals surface area contributed by atoms with Gasteiger partial charge in [0.1, 0.15) is 5.82 Å². The summed E-state index contributed by atoms with van der Waals surface area (Å²) < 4.78 is 5.38. The highest BCUT2D eigenvalue weighted by molar-refractivity contribution is 5.84. The van der Waals surface area contributed by atoms with Gasteiger partial charge in [0, 0.05) is 29.9 Å². The summed E-state index contributed by atoms with van der Waals surface area (Å²) in [5.74, 6) is 2.19. The van der Waals surface area contributed by atoms with Gasteiger partial charge < -0.3 is 15.1 Å². The number of piperidine rings is 1. The van der Waals surface area contributed by atoms with Crippen molar-refractivity contribution >= 4 is 17.4 Å².